The normalized spacial score (nSPS) is 12.2. The summed E-state index contributed by atoms with van der Waals surface area (Å²) in [6.07, 6.45) is 8.99. The van der Waals surface area contributed by atoms with Gasteiger partial charge in [0.05, 0.1) is 0 Å². The molecule has 0 aromatic carbocycles. The van der Waals surface area contributed by atoms with Crippen molar-refractivity contribution in [3.8, 4) is 0 Å². The Hall–Kier alpha value is 0.210. The van der Waals surface area contributed by atoms with Crippen molar-refractivity contribution in [2.75, 3.05) is 6.61 Å². The van der Waals surface area contributed by atoms with Crippen molar-refractivity contribution in [2.45, 2.75) is 62.0 Å². The zero-order valence-corrected chi connectivity index (χ0v) is 13.8. The third-order valence-corrected chi connectivity index (χ3v) is 4.13. The van der Waals surface area contributed by atoms with E-state index in [0.717, 1.165) is 9.59 Å². The van der Waals surface area contributed by atoms with Gasteiger partial charge in [0.1, 0.15) is 0 Å². The van der Waals surface area contributed by atoms with Crippen LogP contribution in [0.25, 0.3) is 0 Å². The second-order valence-corrected chi connectivity index (χ2v) is 6.65. The fraction of sp³-hybridized carbons (Fsp3) is 0.786. The Morgan fingerprint density at radius 1 is 1.24 bits per heavy atom. The van der Waals surface area contributed by atoms with Crippen LogP contribution in [0.3, 0.4) is 0 Å². The molecule has 3 heteroatoms. The molecule has 0 spiro atoms. The van der Waals surface area contributed by atoms with Crippen molar-refractivity contribution in [1.29, 1.82) is 0 Å². The third-order valence-electron chi connectivity index (χ3n) is 2.97. The molecular formula is C14H25NaO2. The molecule has 0 saturated carbocycles. The van der Waals surface area contributed by atoms with Crippen molar-refractivity contribution >= 4 is 33.9 Å². The first-order valence-corrected chi connectivity index (χ1v) is 8.06. The summed E-state index contributed by atoms with van der Waals surface area (Å²) in [6, 6.07) is 0. The van der Waals surface area contributed by atoms with Gasteiger partial charge in [-0.05, 0) is 0 Å². The molecule has 94 valence electrons. The quantitative estimate of drug-likeness (QED) is 0.254. The maximum absolute atomic E-state index is 11.1. The topological polar surface area (TPSA) is 26.3 Å². The van der Waals surface area contributed by atoms with E-state index in [2.05, 4.69) is 13.5 Å². The van der Waals surface area contributed by atoms with Gasteiger partial charge in [0.15, 0.2) is 0 Å². The van der Waals surface area contributed by atoms with E-state index in [9.17, 15) is 4.79 Å². The first-order valence-electron chi connectivity index (χ1n) is 6.90. The van der Waals surface area contributed by atoms with Crippen LogP contribution in [0.15, 0.2) is 12.2 Å². The Morgan fingerprint density at radius 3 is 2.47 bits per heavy atom. The van der Waals surface area contributed by atoms with E-state index >= 15 is 0 Å². The van der Waals surface area contributed by atoms with Crippen LogP contribution < -0.4 is 0 Å². The van der Waals surface area contributed by atoms with E-state index in [0.29, 0.717) is 12.2 Å². The van der Waals surface area contributed by atoms with Crippen molar-refractivity contribution in [2.24, 2.45) is 0 Å². The molecule has 0 saturated heterocycles. The molecule has 0 bridgehead atoms. The van der Waals surface area contributed by atoms with Crippen LogP contribution in [0.2, 0.25) is 3.17 Å². The first kappa shape index (κ1) is 17.2. The zero-order valence-electron chi connectivity index (χ0n) is 11.8. The molecule has 0 rings (SSSR count). The number of unbranched alkanes of at least 4 members (excludes halogenated alkanes) is 3. The molecule has 0 aliphatic rings. The zero-order chi connectivity index (χ0) is 13.1. The molecule has 0 aromatic heterocycles. The van der Waals surface area contributed by atoms with Crippen LogP contribution in [0, 0.1) is 0 Å². The average Bonchev–Trinajstić information content (AvgIpc) is 2.29. The number of rotatable bonds is 10. The van der Waals surface area contributed by atoms with Crippen LogP contribution in [-0.4, -0.2) is 40.5 Å². The Bertz CT molecular complexity index is 226. The van der Waals surface area contributed by atoms with Crippen LogP contribution in [0.4, 0.5) is 0 Å². The van der Waals surface area contributed by atoms with E-state index in [1.165, 1.54) is 66.5 Å². The van der Waals surface area contributed by atoms with Gasteiger partial charge in [-0.25, -0.2) is 0 Å². The van der Waals surface area contributed by atoms with Crippen molar-refractivity contribution < 1.29 is 9.53 Å². The van der Waals surface area contributed by atoms with Crippen molar-refractivity contribution in [3.63, 3.8) is 0 Å². The van der Waals surface area contributed by atoms with Gasteiger partial charge >= 0.3 is 124 Å². The summed E-state index contributed by atoms with van der Waals surface area (Å²) in [4.78, 5) is 11.1. The fourth-order valence-electron chi connectivity index (χ4n) is 1.78. The second kappa shape index (κ2) is 11.3. The van der Waals surface area contributed by atoms with Gasteiger partial charge in [-0.1, -0.05) is 0 Å². The Labute approximate surface area is 124 Å². The van der Waals surface area contributed by atoms with Gasteiger partial charge < -0.3 is 0 Å². The molecule has 0 radical (unpaired) electrons. The molecule has 0 fully saturated rings. The summed E-state index contributed by atoms with van der Waals surface area (Å²) in [5, 5.41) is 0. The molecule has 0 amide bonds. The van der Waals surface area contributed by atoms with Crippen molar-refractivity contribution in [3.05, 3.63) is 12.2 Å². The van der Waals surface area contributed by atoms with Crippen LogP contribution in [-0.2, 0) is 9.53 Å². The SMILES string of the molecule is C=C(C)C(=O)OCCC[CH]([Na])CCCCCC. The Morgan fingerprint density at radius 2 is 1.88 bits per heavy atom. The van der Waals surface area contributed by atoms with E-state index < -0.39 is 0 Å². The molecule has 0 aliphatic carbocycles. The van der Waals surface area contributed by atoms with Crippen molar-refractivity contribution in [1.82, 2.24) is 0 Å². The Kier molecular flexibility index (Phi) is 11.4. The van der Waals surface area contributed by atoms with E-state index in [1.807, 2.05) is 0 Å². The second-order valence-electron chi connectivity index (χ2n) is 5.01. The number of carbonyl (C=O) groups is 1. The number of esters is 1. The van der Waals surface area contributed by atoms with E-state index in [-0.39, 0.29) is 5.97 Å². The standard InChI is InChI=1S/C14H25O2.Na/c1-4-5-6-7-8-9-10-11-12-16-14(15)13(2)3;/h9H,2,4-8,10-12H2,1,3H3;. The number of carbonyl (C=O) groups excluding carboxylic acids is 1. The molecule has 17 heavy (non-hydrogen) atoms. The summed E-state index contributed by atoms with van der Waals surface area (Å²) in [7, 11) is 0. The number of ether oxygens (including phenoxy) is 1. The molecule has 0 aromatic rings. The van der Waals surface area contributed by atoms with Crippen LogP contribution >= 0.6 is 0 Å². The maximum atomic E-state index is 11.1. The summed E-state index contributed by atoms with van der Waals surface area (Å²) in [6.45, 7) is 8.04. The van der Waals surface area contributed by atoms with Crippen LogP contribution in [0.1, 0.15) is 58.8 Å². The summed E-state index contributed by atoms with van der Waals surface area (Å²) in [5.74, 6) is -0.252. The minimum atomic E-state index is -0.252. The molecule has 1 unspecified atom stereocenters. The summed E-state index contributed by atoms with van der Waals surface area (Å²) < 4.78 is 5.96. The monoisotopic (exact) mass is 248 g/mol. The summed E-state index contributed by atoms with van der Waals surface area (Å²) in [5.41, 5.74) is 0.493. The Balaban J connectivity index is 3.35. The number of hydrogen-bond acceptors (Lipinski definition) is 2. The molecular weight excluding hydrogens is 223 g/mol. The first-order chi connectivity index (χ1) is 8.07. The number of hydrogen-bond donors (Lipinski definition) is 0. The molecule has 0 N–H and O–H groups in total. The van der Waals surface area contributed by atoms with E-state index in [4.69, 9.17) is 4.74 Å². The predicted molar refractivity (Wildman–Crippen MR) is 73.3 cm³/mol. The molecule has 0 aliphatic heterocycles. The molecule has 1 atom stereocenters. The van der Waals surface area contributed by atoms with Gasteiger partial charge in [-0.3, -0.25) is 0 Å². The van der Waals surface area contributed by atoms with Gasteiger partial charge in [0, 0.05) is 0 Å². The van der Waals surface area contributed by atoms with Gasteiger partial charge in [-0.2, -0.15) is 0 Å². The van der Waals surface area contributed by atoms with Gasteiger partial charge in [-0.15, -0.1) is 0 Å². The average molecular weight is 248 g/mol. The fourth-order valence-corrected chi connectivity index (χ4v) is 2.60. The molecule has 0 heterocycles. The summed E-state index contributed by atoms with van der Waals surface area (Å²) >= 11 is 1.26. The predicted octanol–water partition coefficient (Wildman–Crippen LogP) is 3.81. The van der Waals surface area contributed by atoms with E-state index in [1.54, 1.807) is 6.92 Å². The molecule has 2 nitrogen and oxygen atoms in total. The third kappa shape index (κ3) is 11.1. The van der Waals surface area contributed by atoms with Crippen LogP contribution in [0.5, 0.6) is 0 Å². The van der Waals surface area contributed by atoms with Gasteiger partial charge in [0.2, 0.25) is 0 Å². The van der Waals surface area contributed by atoms with Gasteiger partial charge in [0.25, 0.3) is 0 Å². The minimum absolute atomic E-state index is 0.252.